The molecular formula is C13H13F2N3O. The standard InChI is InChI=1S/C13H13F2N3O/c1-2-6-18-7-5-11(17-18)13(19)16-12-8-9(14)3-4-10(12)15/h3-5,7-8H,2,6H2,1H3,(H,16,19). The lowest BCUT2D eigenvalue weighted by atomic mass is 10.3. The molecule has 0 aliphatic rings. The number of halogens is 2. The van der Waals surface area contributed by atoms with E-state index >= 15 is 0 Å². The molecule has 4 nitrogen and oxygen atoms in total. The van der Waals surface area contributed by atoms with Crippen LogP contribution in [0.15, 0.2) is 30.5 Å². The second-order valence-corrected chi connectivity index (χ2v) is 4.04. The SMILES string of the molecule is CCCn1ccc(C(=O)Nc2cc(F)ccc2F)n1. The number of rotatable bonds is 4. The maximum atomic E-state index is 13.4. The Morgan fingerprint density at radius 1 is 1.37 bits per heavy atom. The van der Waals surface area contributed by atoms with Gasteiger partial charge in [0.2, 0.25) is 0 Å². The number of carbonyl (C=O) groups is 1. The molecule has 1 N–H and O–H groups in total. The highest BCUT2D eigenvalue weighted by molar-refractivity contribution is 6.02. The number of aryl methyl sites for hydroxylation is 1. The first-order valence-electron chi connectivity index (χ1n) is 5.90. The topological polar surface area (TPSA) is 46.9 Å². The van der Waals surface area contributed by atoms with E-state index in [9.17, 15) is 13.6 Å². The molecule has 1 aromatic heterocycles. The highest BCUT2D eigenvalue weighted by atomic mass is 19.1. The maximum absolute atomic E-state index is 13.4. The minimum Gasteiger partial charge on any atom is -0.318 e. The van der Waals surface area contributed by atoms with E-state index in [4.69, 9.17) is 0 Å². The third-order valence-electron chi connectivity index (χ3n) is 2.50. The van der Waals surface area contributed by atoms with Crippen molar-refractivity contribution in [2.24, 2.45) is 0 Å². The van der Waals surface area contributed by atoms with Gasteiger partial charge in [-0.15, -0.1) is 0 Å². The zero-order chi connectivity index (χ0) is 13.8. The number of nitrogens with zero attached hydrogens (tertiary/aromatic N) is 2. The van der Waals surface area contributed by atoms with Crippen molar-refractivity contribution in [2.75, 3.05) is 5.32 Å². The molecule has 0 bridgehead atoms. The molecule has 2 aromatic rings. The number of nitrogens with one attached hydrogen (secondary N) is 1. The first-order valence-corrected chi connectivity index (χ1v) is 5.90. The molecule has 1 heterocycles. The second-order valence-electron chi connectivity index (χ2n) is 4.04. The van der Waals surface area contributed by atoms with Crippen LogP contribution in [-0.4, -0.2) is 15.7 Å². The van der Waals surface area contributed by atoms with E-state index in [0.29, 0.717) is 6.54 Å². The Kier molecular flexibility index (Phi) is 3.89. The van der Waals surface area contributed by atoms with Crippen LogP contribution >= 0.6 is 0 Å². The Bertz CT molecular complexity index is 595. The van der Waals surface area contributed by atoms with Crippen LogP contribution < -0.4 is 5.32 Å². The largest absolute Gasteiger partial charge is 0.318 e. The summed E-state index contributed by atoms with van der Waals surface area (Å²) in [6.07, 6.45) is 2.56. The van der Waals surface area contributed by atoms with Gasteiger partial charge in [-0.3, -0.25) is 9.48 Å². The van der Waals surface area contributed by atoms with Crippen molar-refractivity contribution in [3.05, 3.63) is 47.8 Å². The molecule has 6 heteroatoms. The summed E-state index contributed by atoms with van der Waals surface area (Å²) in [5.74, 6) is -1.88. The molecule has 1 amide bonds. The van der Waals surface area contributed by atoms with Crippen molar-refractivity contribution in [1.82, 2.24) is 9.78 Å². The minimum absolute atomic E-state index is 0.164. The smallest absolute Gasteiger partial charge is 0.276 e. The van der Waals surface area contributed by atoms with Crippen molar-refractivity contribution in [2.45, 2.75) is 19.9 Å². The molecule has 19 heavy (non-hydrogen) atoms. The van der Waals surface area contributed by atoms with Crippen LogP contribution in [0.2, 0.25) is 0 Å². The van der Waals surface area contributed by atoms with Gasteiger partial charge in [0.05, 0.1) is 5.69 Å². The van der Waals surface area contributed by atoms with Gasteiger partial charge in [-0.2, -0.15) is 5.10 Å². The third-order valence-corrected chi connectivity index (χ3v) is 2.50. The number of aromatic nitrogens is 2. The van der Waals surface area contributed by atoms with E-state index in [0.717, 1.165) is 24.6 Å². The van der Waals surface area contributed by atoms with E-state index in [-0.39, 0.29) is 11.4 Å². The van der Waals surface area contributed by atoms with E-state index < -0.39 is 17.5 Å². The molecule has 0 aliphatic carbocycles. The molecule has 0 spiro atoms. The summed E-state index contributed by atoms with van der Waals surface area (Å²) >= 11 is 0. The van der Waals surface area contributed by atoms with Gasteiger partial charge in [0.15, 0.2) is 5.69 Å². The van der Waals surface area contributed by atoms with Crippen LogP contribution in [0.25, 0.3) is 0 Å². The Morgan fingerprint density at radius 2 is 2.16 bits per heavy atom. The quantitative estimate of drug-likeness (QED) is 0.924. The monoisotopic (exact) mass is 265 g/mol. The van der Waals surface area contributed by atoms with Gasteiger partial charge in [0.25, 0.3) is 5.91 Å². The molecule has 0 saturated heterocycles. The summed E-state index contributed by atoms with van der Waals surface area (Å²) in [4.78, 5) is 11.8. The molecule has 2 rings (SSSR count). The van der Waals surface area contributed by atoms with E-state index in [2.05, 4.69) is 10.4 Å². The Labute approximate surface area is 109 Å². The molecular weight excluding hydrogens is 252 g/mol. The lowest BCUT2D eigenvalue weighted by molar-refractivity contribution is 0.102. The molecule has 0 saturated carbocycles. The fourth-order valence-corrected chi connectivity index (χ4v) is 1.62. The summed E-state index contributed by atoms with van der Waals surface area (Å²) in [5.41, 5.74) is -0.0350. The molecule has 0 atom stereocenters. The van der Waals surface area contributed by atoms with Crippen LogP contribution in [0.5, 0.6) is 0 Å². The van der Waals surface area contributed by atoms with Gasteiger partial charge in [-0.25, -0.2) is 8.78 Å². The molecule has 100 valence electrons. The average molecular weight is 265 g/mol. The lowest BCUT2D eigenvalue weighted by Gasteiger charge is -2.04. The van der Waals surface area contributed by atoms with Crippen molar-refractivity contribution in [3.8, 4) is 0 Å². The summed E-state index contributed by atoms with van der Waals surface area (Å²) < 4.78 is 28.0. The summed E-state index contributed by atoms with van der Waals surface area (Å²) in [6.45, 7) is 2.69. The zero-order valence-corrected chi connectivity index (χ0v) is 10.4. The first-order chi connectivity index (χ1) is 9.10. The van der Waals surface area contributed by atoms with Crippen molar-refractivity contribution >= 4 is 11.6 Å². The predicted molar refractivity (Wildman–Crippen MR) is 66.8 cm³/mol. The lowest BCUT2D eigenvalue weighted by Crippen LogP contribution is -2.14. The zero-order valence-electron chi connectivity index (χ0n) is 10.4. The predicted octanol–water partition coefficient (Wildman–Crippen LogP) is 2.82. The van der Waals surface area contributed by atoms with E-state index in [1.807, 2.05) is 6.92 Å². The van der Waals surface area contributed by atoms with E-state index in [1.165, 1.54) is 6.07 Å². The first kappa shape index (κ1) is 13.2. The fourth-order valence-electron chi connectivity index (χ4n) is 1.62. The number of anilines is 1. The Balaban J connectivity index is 2.13. The van der Waals surface area contributed by atoms with Crippen LogP contribution in [0.3, 0.4) is 0 Å². The van der Waals surface area contributed by atoms with Crippen molar-refractivity contribution in [3.63, 3.8) is 0 Å². The van der Waals surface area contributed by atoms with Gasteiger partial charge in [0, 0.05) is 18.8 Å². The molecule has 0 aliphatic heterocycles. The summed E-state index contributed by atoms with van der Waals surface area (Å²) in [7, 11) is 0. The molecule has 0 fully saturated rings. The number of carbonyl (C=O) groups excluding carboxylic acids is 1. The second kappa shape index (κ2) is 5.60. The van der Waals surface area contributed by atoms with Crippen molar-refractivity contribution in [1.29, 1.82) is 0 Å². The van der Waals surface area contributed by atoms with Gasteiger partial charge in [0.1, 0.15) is 11.6 Å². The van der Waals surface area contributed by atoms with Gasteiger partial charge >= 0.3 is 0 Å². The Hall–Kier alpha value is -2.24. The van der Waals surface area contributed by atoms with Crippen LogP contribution in [-0.2, 0) is 6.54 Å². The summed E-state index contributed by atoms with van der Waals surface area (Å²) in [5, 5.41) is 6.33. The number of hydrogen-bond donors (Lipinski definition) is 1. The van der Waals surface area contributed by atoms with Gasteiger partial charge in [-0.05, 0) is 24.6 Å². The van der Waals surface area contributed by atoms with Crippen LogP contribution in [0, 0.1) is 11.6 Å². The van der Waals surface area contributed by atoms with E-state index in [1.54, 1.807) is 10.9 Å². The van der Waals surface area contributed by atoms with Gasteiger partial charge in [-0.1, -0.05) is 6.92 Å². The normalized spacial score (nSPS) is 10.5. The molecule has 0 radical (unpaired) electrons. The number of hydrogen-bond acceptors (Lipinski definition) is 2. The highest BCUT2D eigenvalue weighted by Crippen LogP contribution is 2.16. The minimum atomic E-state index is -0.692. The maximum Gasteiger partial charge on any atom is 0.276 e. The van der Waals surface area contributed by atoms with Crippen LogP contribution in [0.4, 0.5) is 14.5 Å². The van der Waals surface area contributed by atoms with Crippen molar-refractivity contribution < 1.29 is 13.6 Å². The molecule has 1 aromatic carbocycles. The number of amides is 1. The third kappa shape index (κ3) is 3.15. The Morgan fingerprint density at radius 3 is 2.89 bits per heavy atom. The van der Waals surface area contributed by atoms with Crippen LogP contribution in [0.1, 0.15) is 23.8 Å². The fraction of sp³-hybridized carbons (Fsp3) is 0.231. The van der Waals surface area contributed by atoms with Gasteiger partial charge < -0.3 is 5.32 Å². The number of benzene rings is 1. The summed E-state index contributed by atoms with van der Waals surface area (Å²) in [6, 6.07) is 4.40. The highest BCUT2D eigenvalue weighted by Gasteiger charge is 2.12. The average Bonchev–Trinajstić information content (AvgIpc) is 2.83. The molecule has 0 unspecified atom stereocenters.